The van der Waals surface area contributed by atoms with Crippen LogP contribution >= 0.6 is 0 Å². The van der Waals surface area contributed by atoms with E-state index in [2.05, 4.69) is 15.2 Å². The second-order valence-electron chi connectivity index (χ2n) is 4.63. The molecule has 2 rings (SSSR count). The van der Waals surface area contributed by atoms with Crippen molar-refractivity contribution >= 4 is 11.6 Å². The van der Waals surface area contributed by atoms with Gasteiger partial charge in [-0.2, -0.15) is 0 Å². The molecule has 0 spiro atoms. The van der Waals surface area contributed by atoms with Crippen LogP contribution in [0.15, 0.2) is 18.3 Å². The molecular formula is C13H19N3O3. The van der Waals surface area contributed by atoms with Gasteiger partial charge < -0.3 is 20.1 Å². The fourth-order valence-electron chi connectivity index (χ4n) is 2.23. The highest BCUT2D eigenvalue weighted by Gasteiger charge is 2.25. The van der Waals surface area contributed by atoms with E-state index in [-0.39, 0.29) is 24.7 Å². The summed E-state index contributed by atoms with van der Waals surface area (Å²) in [4.78, 5) is 17.7. The van der Waals surface area contributed by atoms with E-state index >= 15 is 0 Å². The van der Waals surface area contributed by atoms with Crippen molar-refractivity contribution in [1.29, 1.82) is 0 Å². The summed E-state index contributed by atoms with van der Waals surface area (Å²) in [6, 6.07) is 3.62. The molecule has 6 heteroatoms. The Balaban J connectivity index is 2.18. The van der Waals surface area contributed by atoms with E-state index in [1.165, 1.54) is 0 Å². The quantitative estimate of drug-likeness (QED) is 0.806. The standard InChI is InChI=1S/C13H19N3O3/c1-9-6-16(7-11(8-17)19-9)10-3-4-15-12(5-10)13(18)14-2/h3-5,9,11,17H,6-8H2,1-2H3,(H,14,18). The number of anilines is 1. The van der Waals surface area contributed by atoms with Gasteiger partial charge in [-0.05, 0) is 19.1 Å². The third kappa shape index (κ3) is 3.21. The van der Waals surface area contributed by atoms with Gasteiger partial charge in [-0.1, -0.05) is 0 Å². The van der Waals surface area contributed by atoms with Crippen LogP contribution in [0, 0.1) is 0 Å². The van der Waals surface area contributed by atoms with Crippen LogP contribution in [-0.4, -0.2) is 54.9 Å². The number of rotatable bonds is 3. The van der Waals surface area contributed by atoms with Gasteiger partial charge in [0.25, 0.3) is 5.91 Å². The average molecular weight is 265 g/mol. The highest BCUT2D eigenvalue weighted by molar-refractivity contribution is 5.92. The molecule has 6 nitrogen and oxygen atoms in total. The number of hydrogen-bond acceptors (Lipinski definition) is 5. The molecule has 1 aliphatic rings. The van der Waals surface area contributed by atoms with E-state index in [0.29, 0.717) is 12.2 Å². The number of ether oxygens (including phenoxy) is 1. The summed E-state index contributed by atoms with van der Waals surface area (Å²) in [7, 11) is 1.58. The van der Waals surface area contributed by atoms with Crippen molar-refractivity contribution in [3.8, 4) is 0 Å². The summed E-state index contributed by atoms with van der Waals surface area (Å²) >= 11 is 0. The normalized spacial score (nSPS) is 23.2. The van der Waals surface area contributed by atoms with Gasteiger partial charge in [0.1, 0.15) is 5.69 Å². The van der Waals surface area contributed by atoms with Crippen LogP contribution in [0.5, 0.6) is 0 Å². The predicted octanol–water partition coefficient (Wildman–Crippen LogP) is 0.0272. The molecule has 19 heavy (non-hydrogen) atoms. The lowest BCUT2D eigenvalue weighted by molar-refractivity contribution is -0.0421. The Kier molecular flexibility index (Phi) is 4.34. The summed E-state index contributed by atoms with van der Waals surface area (Å²) in [5.41, 5.74) is 1.31. The molecule has 0 aliphatic carbocycles. The Morgan fingerprint density at radius 3 is 3.11 bits per heavy atom. The summed E-state index contributed by atoms with van der Waals surface area (Å²) in [5.74, 6) is -0.207. The van der Waals surface area contributed by atoms with Crippen molar-refractivity contribution in [2.24, 2.45) is 0 Å². The zero-order valence-corrected chi connectivity index (χ0v) is 11.2. The van der Waals surface area contributed by atoms with Crippen molar-refractivity contribution in [3.05, 3.63) is 24.0 Å². The van der Waals surface area contributed by atoms with Crippen LogP contribution < -0.4 is 10.2 Å². The number of aromatic nitrogens is 1. The average Bonchev–Trinajstić information content (AvgIpc) is 2.45. The number of aliphatic hydroxyl groups is 1. The summed E-state index contributed by atoms with van der Waals surface area (Å²) in [6.45, 7) is 3.30. The van der Waals surface area contributed by atoms with Gasteiger partial charge in [0, 0.05) is 32.0 Å². The highest BCUT2D eigenvalue weighted by Crippen LogP contribution is 2.20. The number of carbonyl (C=O) groups is 1. The Bertz CT molecular complexity index is 453. The van der Waals surface area contributed by atoms with Crippen molar-refractivity contribution in [2.45, 2.75) is 19.1 Å². The molecule has 2 heterocycles. The minimum atomic E-state index is -0.207. The monoisotopic (exact) mass is 265 g/mol. The minimum absolute atomic E-state index is 0.00573. The van der Waals surface area contributed by atoms with Crippen LogP contribution in [0.25, 0.3) is 0 Å². The zero-order chi connectivity index (χ0) is 13.8. The highest BCUT2D eigenvalue weighted by atomic mass is 16.5. The number of nitrogens with one attached hydrogen (secondary N) is 1. The van der Waals surface area contributed by atoms with E-state index < -0.39 is 0 Å². The molecule has 1 fully saturated rings. The summed E-state index contributed by atoms with van der Waals surface area (Å²) in [6.07, 6.45) is 1.47. The maximum absolute atomic E-state index is 11.6. The van der Waals surface area contributed by atoms with E-state index in [1.807, 2.05) is 13.0 Å². The van der Waals surface area contributed by atoms with Gasteiger partial charge in [0.05, 0.1) is 18.8 Å². The molecule has 0 saturated carbocycles. The first-order valence-electron chi connectivity index (χ1n) is 6.33. The number of aliphatic hydroxyl groups excluding tert-OH is 1. The SMILES string of the molecule is CNC(=O)c1cc(N2CC(C)OC(CO)C2)ccn1. The van der Waals surface area contributed by atoms with E-state index in [9.17, 15) is 9.90 Å². The fourth-order valence-corrected chi connectivity index (χ4v) is 2.23. The topological polar surface area (TPSA) is 74.7 Å². The molecule has 0 aromatic carbocycles. The maximum atomic E-state index is 11.6. The van der Waals surface area contributed by atoms with Crippen molar-refractivity contribution in [1.82, 2.24) is 10.3 Å². The second-order valence-corrected chi connectivity index (χ2v) is 4.63. The molecule has 2 unspecified atom stereocenters. The lowest BCUT2D eigenvalue weighted by Crippen LogP contribution is -2.48. The summed E-state index contributed by atoms with van der Waals surface area (Å²) in [5, 5.41) is 11.8. The zero-order valence-electron chi connectivity index (χ0n) is 11.2. The van der Waals surface area contributed by atoms with Gasteiger partial charge in [0.2, 0.25) is 0 Å². The van der Waals surface area contributed by atoms with Gasteiger partial charge in [0.15, 0.2) is 0 Å². The smallest absolute Gasteiger partial charge is 0.269 e. The van der Waals surface area contributed by atoms with Crippen LogP contribution in [0.2, 0.25) is 0 Å². The molecule has 0 radical (unpaired) electrons. The number of morpholine rings is 1. The number of carbonyl (C=O) groups excluding carboxylic acids is 1. The first kappa shape index (κ1) is 13.8. The van der Waals surface area contributed by atoms with Crippen LogP contribution in [0.4, 0.5) is 5.69 Å². The van der Waals surface area contributed by atoms with Crippen molar-refractivity contribution in [2.75, 3.05) is 31.6 Å². The Hall–Kier alpha value is -1.66. The molecule has 1 saturated heterocycles. The molecule has 2 N–H and O–H groups in total. The fraction of sp³-hybridized carbons (Fsp3) is 0.538. The molecule has 0 bridgehead atoms. The van der Waals surface area contributed by atoms with E-state index in [0.717, 1.165) is 12.2 Å². The number of hydrogen-bond donors (Lipinski definition) is 2. The predicted molar refractivity (Wildman–Crippen MR) is 71.3 cm³/mol. The Morgan fingerprint density at radius 2 is 2.42 bits per heavy atom. The van der Waals surface area contributed by atoms with Crippen molar-refractivity contribution < 1.29 is 14.6 Å². The van der Waals surface area contributed by atoms with Crippen LogP contribution in [-0.2, 0) is 4.74 Å². The molecular weight excluding hydrogens is 246 g/mol. The second kappa shape index (κ2) is 5.99. The first-order valence-corrected chi connectivity index (χ1v) is 6.33. The molecule has 1 aromatic heterocycles. The van der Waals surface area contributed by atoms with Gasteiger partial charge in [-0.15, -0.1) is 0 Å². The Morgan fingerprint density at radius 1 is 1.63 bits per heavy atom. The lowest BCUT2D eigenvalue weighted by Gasteiger charge is -2.37. The molecule has 2 atom stereocenters. The number of nitrogens with zero attached hydrogens (tertiary/aromatic N) is 2. The van der Waals surface area contributed by atoms with E-state index in [1.54, 1.807) is 19.3 Å². The molecule has 1 aliphatic heterocycles. The Labute approximate surface area is 112 Å². The van der Waals surface area contributed by atoms with E-state index in [4.69, 9.17) is 4.74 Å². The largest absolute Gasteiger partial charge is 0.394 e. The van der Waals surface area contributed by atoms with Gasteiger partial charge >= 0.3 is 0 Å². The maximum Gasteiger partial charge on any atom is 0.269 e. The van der Waals surface area contributed by atoms with Crippen LogP contribution in [0.3, 0.4) is 0 Å². The van der Waals surface area contributed by atoms with Crippen LogP contribution in [0.1, 0.15) is 17.4 Å². The minimum Gasteiger partial charge on any atom is -0.394 e. The van der Waals surface area contributed by atoms with Crippen molar-refractivity contribution in [3.63, 3.8) is 0 Å². The first-order chi connectivity index (χ1) is 9.13. The van der Waals surface area contributed by atoms with Gasteiger partial charge in [-0.3, -0.25) is 9.78 Å². The number of pyridine rings is 1. The molecule has 1 amide bonds. The molecule has 104 valence electrons. The number of amides is 1. The molecule has 1 aromatic rings. The van der Waals surface area contributed by atoms with Gasteiger partial charge in [-0.25, -0.2) is 0 Å². The third-order valence-corrected chi connectivity index (χ3v) is 3.10. The summed E-state index contributed by atoms with van der Waals surface area (Å²) < 4.78 is 5.60. The third-order valence-electron chi connectivity index (χ3n) is 3.10. The lowest BCUT2D eigenvalue weighted by atomic mass is 10.2.